The summed E-state index contributed by atoms with van der Waals surface area (Å²) in [6.07, 6.45) is 6.90. The monoisotopic (exact) mass is 319 g/mol. The zero-order chi connectivity index (χ0) is 14.7. The molecule has 1 nitrogen and oxygen atoms in total. The van der Waals surface area contributed by atoms with Crippen LogP contribution in [0.5, 0.6) is 0 Å². The van der Waals surface area contributed by atoms with Gasteiger partial charge in [0.1, 0.15) is 0 Å². The molecule has 1 heterocycles. The van der Waals surface area contributed by atoms with Crippen LogP contribution in [-0.2, 0) is 0 Å². The fourth-order valence-electron chi connectivity index (χ4n) is 3.35. The zero-order valence-electron chi connectivity index (χ0n) is 12.4. The molecule has 0 spiro atoms. The van der Waals surface area contributed by atoms with Crippen molar-refractivity contribution in [1.82, 2.24) is 5.32 Å². The molecule has 1 aromatic carbocycles. The van der Waals surface area contributed by atoms with Crippen molar-refractivity contribution in [3.05, 3.63) is 56.7 Å². The number of halogens is 1. The van der Waals surface area contributed by atoms with Crippen LogP contribution >= 0.6 is 22.9 Å². The molecule has 0 bridgehead atoms. The van der Waals surface area contributed by atoms with E-state index in [0.29, 0.717) is 0 Å². The van der Waals surface area contributed by atoms with Crippen LogP contribution < -0.4 is 5.32 Å². The Morgan fingerprint density at radius 1 is 1.05 bits per heavy atom. The summed E-state index contributed by atoms with van der Waals surface area (Å²) in [6, 6.07) is 13.5. The molecule has 2 aromatic rings. The Kier molecular flexibility index (Phi) is 4.99. The predicted molar refractivity (Wildman–Crippen MR) is 92.5 cm³/mol. The van der Waals surface area contributed by atoms with Crippen LogP contribution in [0, 0.1) is 0 Å². The second-order valence-electron chi connectivity index (χ2n) is 5.87. The minimum absolute atomic E-state index is 0.239. The van der Waals surface area contributed by atoms with Gasteiger partial charge in [0.15, 0.2) is 0 Å². The molecule has 21 heavy (non-hydrogen) atoms. The van der Waals surface area contributed by atoms with E-state index in [9.17, 15) is 0 Å². The minimum Gasteiger partial charge on any atom is -0.309 e. The van der Waals surface area contributed by atoms with Gasteiger partial charge in [0.05, 0.1) is 10.4 Å². The molecule has 0 saturated heterocycles. The summed E-state index contributed by atoms with van der Waals surface area (Å²) in [7, 11) is 2.01. The van der Waals surface area contributed by atoms with E-state index >= 15 is 0 Å². The summed E-state index contributed by atoms with van der Waals surface area (Å²) in [4.78, 5) is 1.27. The van der Waals surface area contributed by atoms with E-state index in [4.69, 9.17) is 11.6 Å². The fraction of sp³-hybridized carbons (Fsp3) is 0.444. The number of benzene rings is 1. The molecule has 3 heteroatoms. The molecular formula is C18H22ClNS. The Bertz CT molecular complexity index is 569. The largest absolute Gasteiger partial charge is 0.309 e. The molecule has 1 aliphatic carbocycles. The lowest BCUT2D eigenvalue weighted by Crippen LogP contribution is -2.16. The van der Waals surface area contributed by atoms with Crippen molar-refractivity contribution in [2.24, 2.45) is 0 Å². The summed E-state index contributed by atoms with van der Waals surface area (Å²) in [5, 5.41) is 3.40. The van der Waals surface area contributed by atoms with Gasteiger partial charge in [0.25, 0.3) is 0 Å². The van der Waals surface area contributed by atoms with Gasteiger partial charge < -0.3 is 5.32 Å². The van der Waals surface area contributed by atoms with Crippen molar-refractivity contribution >= 4 is 22.9 Å². The first kappa shape index (κ1) is 15.1. The standard InChI is InChI=1S/C18H22ClNS/c1-20-18(16-11-12-17(19)21-16)15-9-7-14(8-10-15)13-5-3-2-4-6-13/h7-13,18,20H,2-6H2,1H3. The van der Waals surface area contributed by atoms with Crippen molar-refractivity contribution in [2.75, 3.05) is 7.05 Å². The molecule has 1 saturated carbocycles. The predicted octanol–water partition coefficient (Wildman–Crippen LogP) is 5.76. The second-order valence-corrected chi connectivity index (χ2v) is 7.61. The highest BCUT2D eigenvalue weighted by molar-refractivity contribution is 7.16. The third-order valence-electron chi connectivity index (χ3n) is 4.51. The maximum Gasteiger partial charge on any atom is 0.0931 e. The maximum absolute atomic E-state index is 6.07. The summed E-state index contributed by atoms with van der Waals surface area (Å²) < 4.78 is 0.851. The quantitative estimate of drug-likeness (QED) is 0.755. The van der Waals surface area contributed by atoms with Crippen LogP contribution in [0.4, 0.5) is 0 Å². The molecule has 3 rings (SSSR count). The number of thiophene rings is 1. The van der Waals surface area contributed by atoms with Crippen LogP contribution in [0.1, 0.15) is 60.1 Å². The van der Waals surface area contributed by atoms with Crippen molar-refractivity contribution in [3.63, 3.8) is 0 Å². The number of hydrogen-bond acceptors (Lipinski definition) is 2. The maximum atomic E-state index is 6.07. The molecular weight excluding hydrogens is 298 g/mol. The van der Waals surface area contributed by atoms with Crippen LogP contribution in [0.15, 0.2) is 36.4 Å². The van der Waals surface area contributed by atoms with Gasteiger partial charge in [-0.3, -0.25) is 0 Å². The van der Waals surface area contributed by atoms with Gasteiger partial charge in [-0.1, -0.05) is 55.1 Å². The Hall–Kier alpha value is -0.830. The van der Waals surface area contributed by atoms with Crippen LogP contribution in [0.25, 0.3) is 0 Å². The summed E-state index contributed by atoms with van der Waals surface area (Å²) in [5.41, 5.74) is 2.83. The van der Waals surface area contributed by atoms with E-state index in [2.05, 4.69) is 35.6 Å². The van der Waals surface area contributed by atoms with Gasteiger partial charge in [-0.05, 0) is 49.1 Å². The van der Waals surface area contributed by atoms with Crippen LogP contribution in [-0.4, -0.2) is 7.05 Å². The molecule has 1 fully saturated rings. The van der Waals surface area contributed by atoms with E-state index in [1.807, 2.05) is 13.1 Å². The number of rotatable bonds is 4. The Morgan fingerprint density at radius 3 is 2.33 bits per heavy atom. The Morgan fingerprint density at radius 2 is 1.76 bits per heavy atom. The molecule has 1 atom stereocenters. The van der Waals surface area contributed by atoms with Crippen molar-refractivity contribution in [1.29, 1.82) is 0 Å². The van der Waals surface area contributed by atoms with Gasteiger partial charge in [-0.15, -0.1) is 11.3 Å². The Balaban J connectivity index is 1.78. The summed E-state index contributed by atoms with van der Waals surface area (Å²) >= 11 is 7.72. The lowest BCUT2D eigenvalue weighted by molar-refractivity contribution is 0.443. The fourth-order valence-corrected chi connectivity index (χ4v) is 4.55. The van der Waals surface area contributed by atoms with Crippen LogP contribution in [0.3, 0.4) is 0 Å². The minimum atomic E-state index is 0.239. The molecule has 1 N–H and O–H groups in total. The van der Waals surface area contributed by atoms with Crippen molar-refractivity contribution in [2.45, 2.75) is 44.1 Å². The average Bonchev–Trinajstić information content (AvgIpc) is 2.96. The first-order valence-corrected chi connectivity index (χ1v) is 8.99. The average molecular weight is 320 g/mol. The lowest BCUT2D eigenvalue weighted by Gasteiger charge is -2.23. The second kappa shape index (κ2) is 6.95. The van der Waals surface area contributed by atoms with E-state index in [1.54, 1.807) is 11.3 Å². The molecule has 0 amide bonds. The topological polar surface area (TPSA) is 12.0 Å². The van der Waals surface area contributed by atoms with Gasteiger partial charge in [-0.2, -0.15) is 0 Å². The van der Waals surface area contributed by atoms with Gasteiger partial charge in [0, 0.05) is 4.88 Å². The van der Waals surface area contributed by atoms with Crippen molar-refractivity contribution in [3.8, 4) is 0 Å². The van der Waals surface area contributed by atoms with E-state index in [-0.39, 0.29) is 6.04 Å². The molecule has 1 aliphatic rings. The summed E-state index contributed by atoms with van der Waals surface area (Å²) in [5.74, 6) is 0.775. The highest BCUT2D eigenvalue weighted by Gasteiger charge is 2.17. The molecule has 1 aromatic heterocycles. The zero-order valence-corrected chi connectivity index (χ0v) is 14.0. The van der Waals surface area contributed by atoms with E-state index in [0.717, 1.165) is 10.3 Å². The normalized spacial score (nSPS) is 17.8. The smallest absolute Gasteiger partial charge is 0.0931 e. The molecule has 1 unspecified atom stereocenters. The highest BCUT2D eigenvalue weighted by atomic mass is 35.5. The first-order chi connectivity index (χ1) is 10.3. The third-order valence-corrected chi connectivity index (χ3v) is 5.81. The Labute approximate surface area is 136 Å². The van der Waals surface area contributed by atoms with Gasteiger partial charge >= 0.3 is 0 Å². The number of hydrogen-bond donors (Lipinski definition) is 1. The van der Waals surface area contributed by atoms with Gasteiger partial charge in [0.2, 0.25) is 0 Å². The highest BCUT2D eigenvalue weighted by Crippen LogP contribution is 2.34. The first-order valence-electron chi connectivity index (χ1n) is 7.80. The third kappa shape index (κ3) is 3.50. The van der Waals surface area contributed by atoms with Gasteiger partial charge in [-0.25, -0.2) is 0 Å². The van der Waals surface area contributed by atoms with E-state index < -0.39 is 0 Å². The molecule has 0 radical (unpaired) electrons. The van der Waals surface area contributed by atoms with E-state index in [1.165, 1.54) is 48.1 Å². The molecule has 0 aliphatic heterocycles. The lowest BCUT2D eigenvalue weighted by atomic mass is 9.83. The SMILES string of the molecule is CNC(c1ccc(C2CCCCC2)cc1)c1ccc(Cl)s1. The van der Waals surface area contributed by atoms with Crippen LogP contribution in [0.2, 0.25) is 4.34 Å². The number of nitrogens with one attached hydrogen (secondary N) is 1. The molecule has 112 valence electrons. The summed E-state index contributed by atoms with van der Waals surface area (Å²) in [6.45, 7) is 0. The van der Waals surface area contributed by atoms with Crippen molar-refractivity contribution < 1.29 is 0 Å².